The molecule has 0 unspecified atom stereocenters. The van der Waals surface area contributed by atoms with Gasteiger partial charge >= 0.3 is 0 Å². The van der Waals surface area contributed by atoms with Crippen LogP contribution in [0.3, 0.4) is 0 Å². The van der Waals surface area contributed by atoms with Crippen molar-refractivity contribution in [3.8, 4) is 11.5 Å². The predicted octanol–water partition coefficient (Wildman–Crippen LogP) is 4.88. The fourth-order valence-corrected chi connectivity index (χ4v) is 3.70. The Kier molecular flexibility index (Phi) is 9.10. The van der Waals surface area contributed by atoms with Gasteiger partial charge in [0.15, 0.2) is 0 Å². The van der Waals surface area contributed by atoms with Crippen molar-refractivity contribution in [2.45, 2.75) is 46.1 Å². The zero-order valence-corrected chi connectivity index (χ0v) is 20.4. The van der Waals surface area contributed by atoms with Gasteiger partial charge in [0.25, 0.3) is 11.8 Å². The van der Waals surface area contributed by atoms with Crippen LogP contribution in [0.4, 0.5) is 5.69 Å². The summed E-state index contributed by atoms with van der Waals surface area (Å²) in [7, 11) is 1.55. The fraction of sp³-hybridized carbons (Fsp3) is 0.407. The van der Waals surface area contributed by atoms with Crippen molar-refractivity contribution in [2.75, 3.05) is 32.2 Å². The third kappa shape index (κ3) is 6.17. The van der Waals surface area contributed by atoms with Crippen LogP contribution < -0.4 is 14.8 Å². The molecule has 1 aliphatic heterocycles. The minimum Gasteiger partial charge on any atom is -0.496 e. The van der Waals surface area contributed by atoms with Gasteiger partial charge in [-0.1, -0.05) is 31.5 Å². The summed E-state index contributed by atoms with van der Waals surface area (Å²) >= 11 is 0. The Hall–Kier alpha value is -3.32. The number of para-hydroxylation sites is 1. The van der Waals surface area contributed by atoms with Crippen molar-refractivity contribution in [1.82, 2.24) is 4.90 Å². The summed E-state index contributed by atoms with van der Waals surface area (Å²) < 4.78 is 16.8. The van der Waals surface area contributed by atoms with Crippen LogP contribution in [0.1, 0.15) is 45.6 Å². The maximum Gasteiger partial charge on any atom is 0.278 e. The number of carbonyl (C=O) groups is 2. The minimum absolute atomic E-state index is 0.0622. The molecule has 1 N–H and O–H groups in total. The SMILES string of the molecule is CCCCOCCCN1C(=O)C(Nc2ccc(OC(C)C)cc2)=C(c2ccccc2OC)C1=O. The summed E-state index contributed by atoms with van der Waals surface area (Å²) in [5.74, 6) is 0.564. The number of nitrogens with one attached hydrogen (secondary N) is 1. The molecule has 2 aromatic rings. The highest BCUT2D eigenvalue weighted by Crippen LogP contribution is 2.35. The topological polar surface area (TPSA) is 77.1 Å². The lowest BCUT2D eigenvalue weighted by atomic mass is 10.0. The first-order chi connectivity index (χ1) is 16.5. The lowest BCUT2D eigenvalue weighted by Gasteiger charge is -2.15. The highest BCUT2D eigenvalue weighted by molar-refractivity contribution is 6.37. The second-order valence-corrected chi connectivity index (χ2v) is 8.35. The van der Waals surface area contributed by atoms with Gasteiger partial charge in [0.1, 0.15) is 17.2 Å². The van der Waals surface area contributed by atoms with Gasteiger partial charge in [0, 0.05) is 31.0 Å². The molecule has 2 amide bonds. The number of carbonyl (C=O) groups excluding carboxylic acids is 2. The molecule has 182 valence electrons. The number of nitrogens with zero attached hydrogens (tertiary/aromatic N) is 1. The van der Waals surface area contributed by atoms with Crippen molar-refractivity contribution in [1.29, 1.82) is 0 Å². The summed E-state index contributed by atoms with van der Waals surface area (Å²) in [6.07, 6.45) is 2.70. The number of imide groups is 1. The van der Waals surface area contributed by atoms with Crippen molar-refractivity contribution in [2.24, 2.45) is 0 Å². The fourth-order valence-electron chi connectivity index (χ4n) is 3.70. The third-order valence-electron chi connectivity index (χ3n) is 5.35. The third-order valence-corrected chi connectivity index (χ3v) is 5.35. The largest absolute Gasteiger partial charge is 0.496 e. The lowest BCUT2D eigenvalue weighted by molar-refractivity contribution is -0.137. The summed E-state index contributed by atoms with van der Waals surface area (Å²) in [5, 5.41) is 3.18. The molecule has 2 aromatic carbocycles. The summed E-state index contributed by atoms with van der Waals surface area (Å²) in [6, 6.07) is 14.5. The van der Waals surface area contributed by atoms with Crippen LogP contribution in [0.2, 0.25) is 0 Å². The van der Waals surface area contributed by atoms with Crippen molar-refractivity contribution in [3.63, 3.8) is 0 Å². The van der Waals surface area contributed by atoms with Crippen molar-refractivity contribution in [3.05, 3.63) is 59.8 Å². The van der Waals surface area contributed by atoms with Crippen LogP contribution in [-0.4, -0.2) is 49.7 Å². The molecule has 0 radical (unpaired) electrons. The number of unbranched alkanes of at least 4 members (excludes halogenated alkanes) is 1. The van der Waals surface area contributed by atoms with E-state index in [4.69, 9.17) is 14.2 Å². The van der Waals surface area contributed by atoms with Gasteiger partial charge in [-0.25, -0.2) is 0 Å². The molecule has 7 heteroatoms. The average molecular weight is 467 g/mol. The van der Waals surface area contributed by atoms with Crippen LogP contribution in [0.15, 0.2) is 54.2 Å². The second-order valence-electron chi connectivity index (χ2n) is 8.35. The van der Waals surface area contributed by atoms with E-state index in [-0.39, 0.29) is 30.2 Å². The van der Waals surface area contributed by atoms with Crippen molar-refractivity contribution >= 4 is 23.1 Å². The van der Waals surface area contributed by atoms with Gasteiger partial charge in [-0.05, 0) is 57.0 Å². The number of anilines is 1. The van der Waals surface area contributed by atoms with Gasteiger partial charge in [-0.3, -0.25) is 14.5 Å². The standard InChI is InChI=1S/C27H34N2O5/c1-5-6-17-33-18-9-16-29-26(30)24(22-10-7-8-11-23(22)32-4)25(27(29)31)28-20-12-14-21(15-13-20)34-19(2)3/h7-8,10-15,19,28H,5-6,9,16-18H2,1-4H3. The zero-order chi connectivity index (χ0) is 24.5. The molecular formula is C27H34N2O5. The first-order valence-corrected chi connectivity index (χ1v) is 11.8. The van der Waals surface area contributed by atoms with Gasteiger partial charge < -0.3 is 19.5 Å². The number of methoxy groups -OCH3 is 1. The van der Waals surface area contributed by atoms with Crippen molar-refractivity contribution < 1.29 is 23.8 Å². The normalized spacial score (nSPS) is 13.7. The Balaban J connectivity index is 1.85. The van der Waals surface area contributed by atoms with E-state index in [1.165, 1.54) is 4.90 Å². The minimum atomic E-state index is -0.359. The molecule has 0 aromatic heterocycles. The van der Waals surface area contributed by atoms with Gasteiger partial charge in [-0.15, -0.1) is 0 Å². The van der Waals surface area contributed by atoms with Gasteiger partial charge in [0.2, 0.25) is 0 Å². The highest BCUT2D eigenvalue weighted by Gasteiger charge is 2.39. The van der Waals surface area contributed by atoms with E-state index >= 15 is 0 Å². The summed E-state index contributed by atoms with van der Waals surface area (Å²) in [4.78, 5) is 28.1. The molecule has 34 heavy (non-hydrogen) atoms. The molecular weight excluding hydrogens is 432 g/mol. The summed E-state index contributed by atoms with van der Waals surface area (Å²) in [6.45, 7) is 7.50. The lowest BCUT2D eigenvalue weighted by Crippen LogP contribution is -2.34. The van der Waals surface area contributed by atoms with E-state index in [0.717, 1.165) is 18.6 Å². The first-order valence-electron chi connectivity index (χ1n) is 11.8. The van der Waals surface area contributed by atoms with E-state index in [1.54, 1.807) is 19.2 Å². The smallest absolute Gasteiger partial charge is 0.278 e. The second kappa shape index (κ2) is 12.2. The predicted molar refractivity (Wildman–Crippen MR) is 133 cm³/mol. The van der Waals surface area contributed by atoms with Crippen LogP contribution in [0, 0.1) is 0 Å². The Bertz CT molecular complexity index is 1010. The molecule has 0 saturated carbocycles. The Morgan fingerprint density at radius 2 is 1.65 bits per heavy atom. The molecule has 1 heterocycles. The number of benzene rings is 2. The summed E-state index contributed by atoms with van der Waals surface area (Å²) in [5.41, 5.74) is 1.80. The molecule has 0 bridgehead atoms. The zero-order valence-electron chi connectivity index (χ0n) is 20.4. The van der Waals surface area contributed by atoms with E-state index in [0.29, 0.717) is 42.2 Å². The van der Waals surface area contributed by atoms with Gasteiger partial charge in [0.05, 0.1) is 18.8 Å². The maximum atomic E-state index is 13.4. The Morgan fingerprint density at radius 3 is 2.32 bits per heavy atom. The Labute approximate surface area is 201 Å². The van der Waals surface area contributed by atoms with Crippen LogP contribution in [-0.2, 0) is 14.3 Å². The molecule has 0 atom stereocenters. The maximum absolute atomic E-state index is 13.4. The van der Waals surface area contributed by atoms with E-state index < -0.39 is 0 Å². The number of ether oxygens (including phenoxy) is 3. The van der Waals surface area contributed by atoms with E-state index in [1.807, 2.05) is 50.2 Å². The number of hydrogen-bond donors (Lipinski definition) is 1. The van der Waals surface area contributed by atoms with E-state index in [2.05, 4.69) is 12.2 Å². The molecule has 1 aliphatic rings. The monoisotopic (exact) mass is 466 g/mol. The molecule has 0 saturated heterocycles. The molecule has 0 fully saturated rings. The van der Waals surface area contributed by atoms with Crippen LogP contribution >= 0.6 is 0 Å². The van der Waals surface area contributed by atoms with E-state index in [9.17, 15) is 9.59 Å². The average Bonchev–Trinajstić information content (AvgIpc) is 3.06. The number of hydrogen-bond acceptors (Lipinski definition) is 6. The first kappa shape index (κ1) is 25.3. The van der Waals surface area contributed by atoms with Gasteiger partial charge in [-0.2, -0.15) is 0 Å². The van der Waals surface area contributed by atoms with Crippen LogP contribution in [0.25, 0.3) is 5.57 Å². The Morgan fingerprint density at radius 1 is 0.941 bits per heavy atom. The quantitative estimate of drug-likeness (QED) is 0.335. The number of rotatable bonds is 13. The molecule has 0 spiro atoms. The molecule has 7 nitrogen and oxygen atoms in total. The highest BCUT2D eigenvalue weighted by atomic mass is 16.5. The number of amides is 2. The van der Waals surface area contributed by atoms with Crippen LogP contribution in [0.5, 0.6) is 11.5 Å². The molecule has 0 aliphatic carbocycles. The molecule has 3 rings (SSSR count).